The summed E-state index contributed by atoms with van der Waals surface area (Å²) in [5, 5.41) is 4.71. The molecule has 1 aliphatic rings. The summed E-state index contributed by atoms with van der Waals surface area (Å²) in [4.78, 5) is 20.2. The first-order chi connectivity index (χ1) is 11.2. The second kappa shape index (κ2) is 5.33. The molecular formula is C18H20N4O. The summed E-state index contributed by atoms with van der Waals surface area (Å²) in [7, 11) is 0. The molecule has 0 spiro atoms. The maximum atomic E-state index is 12.6. The summed E-state index contributed by atoms with van der Waals surface area (Å²) in [5.41, 5.74) is 3.44. The Kier molecular flexibility index (Phi) is 3.29. The van der Waals surface area contributed by atoms with E-state index in [0.29, 0.717) is 17.3 Å². The number of aromatic amines is 1. The highest BCUT2D eigenvalue weighted by Crippen LogP contribution is 2.36. The van der Waals surface area contributed by atoms with Crippen LogP contribution in [-0.4, -0.2) is 19.6 Å². The molecule has 0 atom stereocenters. The second-order valence-corrected chi connectivity index (χ2v) is 6.33. The van der Waals surface area contributed by atoms with Crippen molar-refractivity contribution in [2.24, 2.45) is 0 Å². The molecule has 4 rings (SSSR count). The third-order valence-electron chi connectivity index (χ3n) is 4.73. The first-order valence-corrected chi connectivity index (χ1v) is 8.26. The van der Waals surface area contributed by atoms with Gasteiger partial charge in [0.1, 0.15) is 5.82 Å². The van der Waals surface area contributed by atoms with Gasteiger partial charge in [-0.2, -0.15) is 0 Å². The van der Waals surface area contributed by atoms with E-state index in [1.807, 2.05) is 38.1 Å². The van der Waals surface area contributed by atoms with Crippen molar-refractivity contribution in [3.8, 4) is 11.4 Å². The standard InChI is InChI=1S/C18H20N4O/c1-3-14-15-18(23)20-16(12-9-7-11(2)8-10-12)21-22(15)17(19-14)13-5-4-6-13/h7-10,13H,3-6H2,1-2H3,(H,20,21,23). The van der Waals surface area contributed by atoms with Crippen molar-refractivity contribution in [1.82, 2.24) is 19.6 Å². The Labute approximate surface area is 134 Å². The largest absolute Gasteiger partial charge is 0.303 e. The van der Waals surface area contributed by atoms with Gasteiger partial charge in [-0.25, -0.2) is 9.50 Å². The second-order valence-electron chi connectivity index (χ2n) is 6.33. The fourth-order valence-electron chi connectivity index (χ4n) is 3.11. The average molecular weight is 308 g/mol. The SMILES string of the molecule is CCc1nc(C2CCC2)n2nc(-c3ccc(C)cc3)[nH]c(=O)c12. The number of aryl methyl sites for hydroxylation is 2. The van der Waals surface area contributed by atoms with Crippen LogP contribution in [0, 0.1) is 6.92 Å². The summed E-state index contributed by atoms with van der Waals surface area (Å²) in [6, 6.07) is 8.02. The van der Waals surface area contributed by atoms with Gasteiger partial charge in [-0.05, 0) is 26.2 Å². The number of rotatable bonds is 3. The van der Waals surface area contributed by atoms with Gasteiger partial charge >= 0.3 is 0 Å². The fourth-order valence-corrected chi connectivity index (χ4v) is 3.11. The Morgan fingerprint density at radius 3 is 2.61 bits per heavy atom. The zero-order valence-electron chi connectivity index (χ0n) is 13.5. The minimum Gasteiger partial charge on any atom is -0.303 e. The predicted octanol–water partition coefficient (Wildman–Crippen LogP) is 3.22. The third kappa shape index (κ3) is 2.27. The van der Waals surface area contributed by atoms with Gasteiger partial charge in [0.25, 0.3) is 5.56 Å². The topological polar surface area (TPSA) is 63.1 Å². The Morgan fingerprint density at radius 2 is 2.00 bits per heavy atom. The Morgan fingerprint density at radius 1 is 1.26 bits per heavy atom. The van der Waals surface area contributed by atoms with Crippen molar-refractivity contribution in [3.63, 3.8) is 0 Å². The lowest BCUT2D eigenvalue weighted by atomic mass is 9.85. The molecule has 0 radical (unpaired) electrons. The molecule has 0 bridgehead atoms. The number of fused-ring (bicyclic) bond motifs is 1. The lowest BCUT2D eigenvalue weighted by molar-refractivity contribution is 0.395. The summed E-state index contributed by atoms with van der Waals surface area (Å²) >= 11 is 0. The fraction of sp³-hybridized carbons (Fsp3) is 0.389. The van der Waals surface area contributed by atoms with Gasteiger partial charge in [0.15, 0.2) is 11.3 Å². The van der Waals surface area contributed by atoms with Gasteiger partial charge in [0, 0.05) is 11.5 Å². The molecule has 0 saturated heterocycles. The molecule has 118 valence electrons. The van der Waals surface area contributed by atoms with E-state index >= 15 is 0 Å². The number of hydrogen-bond donors (Lipinski definition) is 1. The molecule has 1 saturated carbocycles. The molecule has 1 N–H and O–H groups in total. The number of imidazole rings is 1. The van der Waals surface area contributed by atoms with Crippen LogP contribution in [0.5, 0.6) is 0 Å². The van der Waals surface area contributed by atoms with E-state index in [9.17, 15) is 4.79 Å². The number of benzene rings is 1. The van der Waals surface area contributed by atoms with E-state index < -0.39 is 0 Å². The maximum absolute atomic E-state index is 12.6. The summed E-state index contributed by atoms with van der Waals surface area (Å²) in [6.07, 6.45) is 4.24. The lowest BCUT2D eigenvalue weighted by Crippen LogP contribution is -2.18. The number of nitrogens with one attached hydrogen (secondary N) is 1. The van der Waals surface area contributed by atoms with Crippen LogP contribution < -0.4 is 5.56 Å². The number of H-pyrrole nitrogens is 1. The van der Waals surface area contributed by atoms with Crippen LogP contribution in [0.1, 0.15) is 49.2 Å². The van der Waals surface area contributed by atoms with Gasteiger partial charge in [-0.1, -0.05) is 43.2 Å². The molecule has 0 unspecified atom stereocenters. The van der Waals surface area contributed by atoms with Gasteiger partial charge < -0.3 is 4.98 Å². The smallest absolute Gasteiger partial charge is 0.277 e. The van der Waals surface area contributed by atoms with Crippen molar-refractivity contribution in [1.29, 1.82) is 0 Å². The van der Waals surface area contributed by atoms with Crippen molar-refractivity contribution in [2.75, 3.05) is 0 Å². The average Bonchev–Trinajstić information content (AvgIpc) is 2.85. The molecule has 0 aliphatic heterocycles. The highest BCUT2D eigenvalue weighted by atomic mass is 16.1. The van der Waals surface area contributed by atoms with E-state index in [-0.39, 0.29) is 5.56 Å². The Hall–Kier alpha value is -2.43. The molecule has 3 aromatic rings. The van der Waals surface area contributed by atoms with Crippen molar-refractivity contribution >= 4 is 5.52 Å². The Bertz CT molecular complexity index is 917. The highest BCUT2D eigenvalue weighted by Gasteiger charge is 2.27. The molecule has 5 nitrogen and oxygen atoms in total. The molecule has 0 amide bonds. The van der Waals surface area contributed by atoms with Crippen molar-refractivity contribution < 1.29 is 0 Å². The molecule has 1 aromatic carbocycles. The van der Waals surface area contributed by atoms with E-state index in [2.05, 4.69) is 4.98 Å². The van der Waals surface area contributed by atoms with Crippen LogP contribution in [0.15, 0.2) is 29.1 Å². The lowest BCUT2D eigenvalue weighted by Gasteiger charge is -2.23. The molecule has 2 heterocycles. The quantitative estimate of drug-likeness (QED) is 0.808. The summed E-state index contributed by atoms with van der Waals surface area (Å²) < 4.78 is 1.79. The molecule has 1 aliphatic carbocycles. The zero-order valence-corrected chi connectivity index (χ0v) is 13.5. The maximum Gasteiger partial charge on any atom is 0.277 e. The van der Waals surface area contributed by atoms with Gasteiger partial charge in [-0.15, -0.1) is 5.10 Å². The predicted molar refractivity (Wildman–Crippen MR) is 89.8 cm³/mol. The number of nitrogens with zero attached hydrogens (tertiary/aromatic N) is 3. The third-order valence-corrected chi connectivity index (χ3v) is 4.73. The van der Waals surface area contributed by atoms with Crippen molar-refractivity contribution in [3.05, 3.63) is 51.7 Å². The minimum absolute atomic E-state index is 0.106. The van der Waals surface area contributed by atoms with Crippen molar-refractivity contribution in [2.45, 2.75) is 45.4 Å². The van der Waals surface area contributed by atoms with E-state index in [0.717, 1.165) is 36.3 Å². The van der Waals surface area contributed by atoms with Gasteiger partial charge in [0.05, 0.1) is 5.69 Å². The van der Waals surface area contributed by atoms with Gasteiger partial charge in [0.2, 0.25) is 0 Å². The normalized spacial score (nSPS) is 15.0. The van der Waals surface area contributed by atoms with Crippen LogP contribution in [0.3, 0.4) is 0 Å². The van der Waals surface area contributed by atoms with E-state index in [1.165, 1.54) is 12.0 Å². The van der Waals surface area contributed by atoms with Crippen LogP contribution in [0.2, 0.25) is 0 Å². The Balaban J connectivity index is 1.94. The number of aromatic nitrogens is 4. The molecule has 2 aromatic heterocycles. The first kappa shape index (κ1) is 14.2. The molecular weight excluding hydrogens is 288 g/mol. The molecule has 23 heavy (non-hydrogen) atoms. The van der Waals surface area contributed by atoms with E-state index in [4.69, 9.17) is 10.1 Å². The zero-order chi connectivity index (χ0) is 16.0. The van der Waals surface area contributed by atoms with Crippen LogP contribution >= 0.6 is 0 Å². The van der Waals surface area contributed by atoms with Crippen LogP contribution in [0.25, 0.3) is 16.9 Å². The molecule has 5 heteroatoms. The first-order valence-electron chi connectivity index (χ1n) is 8.26. The number of hydrogen-bond acceptors (Lipinski definition) is 3. The van der Waals surface area contributed by atoms with Crippen LogP contribution in [0.4, 0.5) is 0 Å². The van der Waals surface area contributed by atoms with Crippen LogP contribution in [-0.2, 0) is 6.42 Å². The highest BCUT2D eigenvalue weighted by molar-refractivity contribution is 5.58. The minimum atomic E-state index is -0.106. The molecule has 1 fully saturated rings. The van der Waals surface area contributed by atoms with E-state index in [1.54, 1.807) is 4.52 Å². The summed E-state index contributed by atoms with van der Waals surface area (Å²) in [5.74, 6) is 1.98. The monoisotopic (exact) mass is 308 g/mol. The summed E-state index contributed by atoms with van der Waals surface area (Å²) in [6.45, 7) is 4.07. The van der Waals surface area contributed by atoms with Gasteiger partial charge in [-0.3, -0.25) is 4.79 Å².